The summed E-state index contributed by atoms with van der Waals surface area (Å²) in [5.74, 6) is -0.405. The molecule has 0 aromatic heterocycles. The predicted molar refractivity (Wildman–Crippen MR) is 41.5 cm³/mol. The van der Waals surface area contributed by atoms with Crippen LogP contribution in [0.25, 0.3) is 0 Å². The molecule has 1 amide bonds. The molecule has 0 fully saturated rings. The Kier molecular flexibility index (Phi) is 4.58. The topological polar surface area (TPSA) is 55.1 Å². The normalized spacial score (nSPS) is 9.30. The lowest BCUT2D eigenvalue weighted by molar-refractivity contribution is -0.114. The van der Waals surface area contributed by atoms with Crippen LogP contribution in [-0.4, -0.2) is 19.0 Å². The molecule has 3 heteroatoms. The first kappa shape index (κ1) is 9.17. The smallest absolute Gasteiger partial charge is 0.244 e. The first-order chi connectivity index (χ1) is 4.68. The molecule has 0 atom stereocenters. The average molecular weight is 142 g/mol. The maximum atomic E-state index is 10.4. The van der Waals surface area contributed by atoms with E-state index >= 15 is 0 Å². The van der Waals surface area contributed by atoms with Crippen LogP contribution in [-0.2, 0) is 4.79 Å². The molecule has 0 saturated heterocycles. The molecule has 0 aliphatic heterocycles. The zero-order chi connectivity index (χ0) is 7.98. The van der Waals surface area contributed by atoms with Crippen LogP contribution in [0, 0.1) is 0 Å². The number of hydrogen-bond acceptors (Lipinski definition) is 2. The summed E-state index contributed by atoms with van der Waals surface area (Å²) >= 11 is 0. The zero-order valence-corrected chi connectivity index (χ0v) is 6.31. The molecule has 0 rings (SSSR count). The Morgan fingerprint density at radius 3 is 2.70 bits per heavy atom. The number of nitrogens with one attached hydrogen (secondary N) is 1. The molecule has 3 nitrogen and oxygen atoms in total. The number of amides is 1. The summed E-state index contributed by atoms with van der Waals surface area (Å²) in [6.07, 6.45) is 0.642. The van der Waals surface area contributed by atoms with Crippen molar-refractivity contribution in [1.29, 1.82) is 0 Å². The van der Waals surface area contributed by atoms with Gasteiger partial charge in [0.2, 0.25) is 5.91 Å². The fourth-order valence-electron chi connectivity index (χ4n) is 0.539. The standard InChI is InChI=1S/C7H14N2O/c1-3-9-5-4-6(2)7(8)10/h9H,2-5H2,1H3,(H2,8,10). The van der Waals surface area contributed by atoms with Gasteiger partial charge >= 0.3 is 0 Å². The summed E-state index contributed by atoms with van der Waals surface area (Å²) in [7, 11) is 0. The zero-order valence-electron chi connectivity index (χ0n) is 6.31. The summed E-state index contributed by atoms with van der Waals surface area (Å²) in [5, 5.41) is 3.07. The third-order valence-electron chi connectivity index (χ3n) is 1.20. The molecule has 0 radical (unpaired) electrons. The van der Waals surface area contributed by atoms with Crippen LogP contribution >= 0.6 is 0 Å². The van der Waals surface area contributed by atoms with E-state index in [-0.39, 0.29) is 0 Å². The van der Waals surface area contributed by atoms with Crippen LogP contribution in [0.15, 0.2) is 12.2 Å². The van der Waals surface area contributed by atoms with E-state index in [1.807, 2.05) is 6.92 Å². The molecule has 0 saturated carbocycles. The van der Waals surface area contributed by atoms with Crippen LogP contribution in [0.5, 0.6) is 0 Å². The van der Waals surface area contributed by atoms with Crippen molar-refractivity contribution in [3.63, 3.8) is 0 Å². The number of carbonyl (C=O) groups is 1. The van der Waals surface area contributed by atoms with Crippen molar-refractivity contribution in [3.05, 3.63) is 12.2 Å². The van der Waals surface area contributed by atoms with E-state index < -0.39 is 5.91 Å². The van der Waals surface area contributed by atoms with Gasteiger partial charge in [0.05, 0.1) is 0 Å². The molecule has 0 bridgehead atoms. The van der Waals surface area contributed by atoms with Crippen molar-refractivity contribution >= 4 is 5.91 Å². The molecular formula is C7H14N2O. The highest BCUT2D eigenvalue weighted by molar-refractivity contribution is 5.91. The van der Waals surface area contributed by atoms with Gasteiger partial charge in [0.15, 0.2) is 0 Å². The van der Waals surface area contributed by atoms with Crippen LogP contribution in [0.4, 0.5) is 0 Å². The molecule has 3 N–H and O–H groups in total. The minimum Gasteiger partial charge on any atom is -0.366 e. The van der Waals surface area contributed by atoms with Gasteiger partial charge in [-0.15, -0.1) is 0 Å². The van der Waals surface area contributed by atoms with Crippen molar-refractivity contribution in [2.45, 2.75) is 13.3 Å². The molecule has 0 aliphatic rings. The molecule has 0 aromatic carbocycles. The van der Waals surface area contributed by atoms with E-state index in [2.05, 4.69) is 11.9 Å². The lowest BCUT2D eigenvalue weighted by Crippen LogP contribution is -2.19. The quantitative estimate of drug-likeness (QED) is 0.420. The first-order valence-electron chi connectivity index (χ1n) is 3.36. The van der Waals surface area contributed by atoms with Crippen molar-refractivity contribution in [2.24, 2.45) is 5.73 Å². The number of hydrogen-bond donors (Lipinski definition) is 2. The molecule has 0 unspecified atom stereocenters. The van der Waals surface area contributed by atoms with E-state index in [4.69, 9.17) is 5.73 Å². The molecule has 10 heavy (non-hydrogen) atoms. The van der Waals surface area contributed by atoms with Gasteiger partial charge in [-0.1, -0.05) is 13.5 Å². The summed E-state index contributed by atoms with van der Waals surface area (Å²) in [4.78, 5) is 10.4. The van der Waals surface area contributed by atoms with Crippen molar-refractivity contribution in [3.8, 4) is 0 Å². The summed E-state index contributed by atoms with van der Waals surface area (Å²) in [6, 6.07) is 0. The average Bonchev–Trinajstić information content (AvgIpc) is 1.88. The Morgan fingerprint density at radius 2 is 2.30 bits per heavy atom. The number of rotatable bonds is 5. The summed E-state index contributed by atoms with van der Waals surface area (Å²) in [6.45, 7) is 7.20. The van der Waals surface area contributed by atoms with Gasteiger partial charge in [0.1, 0.15) is 0 Å². The van der Waals surface area contributed by atoms with Gasteiger partial charge in [-0.2, -0.15) is 0 Å². The van der Waals surface area contributed by atoms with Gasteiger partial charge in [0, 0.05) is 5.57 Å². The van der Waals surface area contributed by atoms with E-state index in [0.29, 0.717) is 12.0 Å². The first-order valence-corrected chi connectivity index (χ1v) is 3.36. The van der Waals surface area contributed by atoms with Crippen molar-refractivity contribution in [1.82, 2.24) is 5.32 Å². The van der Waals surface area contributed by atoms with Gasteiger partial charge in [0.25, 0.3) is 0 Å². The molecule has 0 spiro atoms. The minimum absolute atomic E-state index is 0.405. The number of carbonyl (C=O) groups excluding carboxylic acids is 1. The second-order valence-corrected chi connectivity index (χ2v) is 2.07. The SMILES string of the molecule is C=C(CCNCC)C(N)=O. The van der Waals surface area contributed by atoms with Gasteiger partial charge in [-0.25, -0.2) is 0 Å². The highest BCUT2D eigenvalue weighted by atomic mass is 16.1. The third kappa shape index (κ3) is 4.09. The Morgan fingerprint density at radius 1 is 1.70 bits per heavy atom. The monoisotopic (exact) mass is 142 g/mol. The van der Waals surface area contributed by atoms with E-state index in [0.717, 1.165) is 13.1 Å². The summed E-state index contributed by atoms with van der Waals surface area (Å²) in [5.41, 5.74) is 5.44. The van der Waals surface area contributed by atoms with Crippen LogP contribution in [0.3, 0.4) is 0 Å². The molecule has 0 aromatic rings. The fourth-order valence-corrected chi connectivity index (χ4v) is 0.539. The largest absolute Gasteiger partial charge is 0.366 e. The van der Waals surface area contributed by atoms with Gasteiger partial charge < -0.3 is 11.1 Å². The molecule has 0 aliphatic carbocycles. The fraction of sp³-hybridized carbons (Fsp3) is 0.571. The lowest BCUT2D eigenvalue weighted by atomic mass is 10.2. The Hall–Kier alpha value is -0.830. The van der Waals surface area contributed by atoms with E-state index in [1.54, 1.807) is 0 Å². The predicted octanol–water partition coefficient (Wildman–Crippen LogP) is 0.0275. The molecule has 58 valence electrons. The highest BCUT2D eigenvalue weighted by Crippen LogP contribution is 1.92. The summed E-state index contributed by atoms with van der Waals surface area (Å²) < 4.78 is 0. The van der Waals surface area contributed by atoms with Crippen LogP contribution in [0.2, 0.25) is 0 Å². The number of primary amides is 1. The van der Waals surface area contributed by atoms with Crippen LogP contribution in [0.1, 0.15) is 13.3 Å². The third-order valence-corrected chi connectivity index (χ3v) is 1.20. The second-order valence-electron chi connectivity index (χ2n) is 2.07. The Bertz CT molecular complexity index is 132. The molecular weight excluding hydrogens is 128 g/mol. The van der Waals surface area contributed by atoms with Crippen molar-refractivity contribution in [2.75, 3.05) is 13.1 Å². The van der Waals surface area contributed by atoms with E-state index in [1.165, 1.54) is 0 Å². The van der Waals surface area contributed by atoms with Gasteiger partial charge in [-0.3, -0.25) is 4.79 Å². The lowest BCUT2D eigenvalue weighted by Gasteiger charge is -2.00. The Balaban J connectivity index is 3.31. The Labute approximate surface area is 61.3 Å². The second kappa shape index (κ2) is 4.99. The van der Waals surface area contributed by atoms with E-state index in [9.17, 15) is 4.79 Å². The minimum atomic E-state index is -0.405. The highest BCUT2D eigenvalue weighted by Gasteiger charge is 1.98. The maximum Gasteiger partial charge on any atom is 0.244 e. The van der Waals surface area contributed by atoms with Crippen LogP contribution < -0.4 is 11.1 Å². The molecule has 0 heterocycles. The number of nitrogens with two attached hydrogens (primary N) is 1. The van der Waals surface area contributed by atoms with Gasteiger partial charge in [-0.05, 0) is 19.5 Å². The maximum absolute atomic E-state index is 10.4. The van der Waals surface area contributed by atoms with Crippen molar-refractivity contribution < 1.29 is 4.79 Å².